The van der Waals surface area contributed by atoms with E-state index in [1.807, 2.05) is 0 Å². The van der Waals surface area contributed by atoms with Crippen LogP contribution in [0.25, 0.3) is 12.2 Å². The van der Waals surface area contributed by atoms with Crippen LogP contribution >= 0.6 is 0 Å². The molecule has 3 aliphatic carbocycles. The van der Waals surface area contributed by atoms with Crippen LogP contribution < -0.4 is 0 Å². The zero-order valence-electron chi connectivity index (χ0n) is 16.7. The second-order valence-corrected chi connectivity index (χ2v) is 8.90. The van der Waals surface area contributed by atoms with Crippen molar-refractivity contribution in [1.29, 1.82) is 0 Å². The maximum atomic E-state index is 2.46. The smallest absolute Gasteiger partial charge is 0.0142 e. The number of fused-ring (bicyclic) bond motifs is 9. The first-order chi connectivity index (χ1) is 14.9. The zero-order chi connectivity index (χ0) is 19.7. The molecular weight excluding hydrogens is 360 g/mol. The topological polar surface area (TPSA) is 0 Å². The van der Waals surface area contributed by atoms with Gasteiger partial charge in [0.05, 0.1) is 0 Å². The van der Waals surface area contributed by atoms with Gasteiger partial charge in [0, 0.05) is 17.8 Å². The van der Waals surface area contributed by atoms with Crippen molar-refractivity contribution in [3.05, 3.63) is 142 Å². The maximum absolute atomic E-state index is 2.46. The zero-order valence-corrected chi connectivity index (χ0v) is 16.7. The highest BCUT2D eigenvalue weighted by Gasteiger charge is 2.56. The molecule has 4 unspecified atom stereocenters. The molecule has 0 spiro atoms. The van der Waals surface area contributed by atoms with Crippen molar-refractivity contribution in [3.8, 4) is 0 Å². The molecule has 0 aliphatic heterocycles. The molecule has 3 aliphatic rings. The van der Waals surface area contributed by atoms with Crippen LogP contribution in [-0.2, 0) is 0 Å². The van der Waals surface area contributed by atoms with Crippen LogP contribution in [0.4, 0.5) is 0 Å². The van der Waals surface area contributed by atoms with Gasteiger partial charge < -0.3 is 0 Å². The predicted octanol–water partition coefficient (Wildman–Crippen LogP) is 7.21. The molecule has 4 atom stereocenters. The molecule has 0 fully saturated rings. The fraction of sp³-hybridized carbons (Fsp3) is 0.133. The highest BCUT2D eigenvalue weighted by atomic mass is 14.6. The van der Waals surface area contributed by atoms with Crippen LogP contribution in [0.5, 0.6) is 0 Å². The van der Waals surface area contributed by atoms with E-state index < -0.39 is 0 Å². The Labute approximate surface area is 177 Å². The van der Waals surface area contributed by atoms with E-state index in [0.717, 1.165) is 0 Å². The van der Waals surface area contributed by atoms with Gasteiger partial charge in [-0.3, -0.25) is 0 Å². The number of hydrogen-bond donors (Lipinski definition) is 0. The molecule has 142 valence electrons. The Balaban J connectivity index is 1.40. The summed E-state index contributed by atoms with van der Waals surface area (Å²) in [6.45, 7) is 0. The van der Waals surface area contributed by atoms with Crippen LogP contribution in [0.15, 0.2) is 97.1 Å². The van der Waals surface area contributed by atoms with Gasteiger partial charge in [-0.05, 0) is 50.4 Å². The van der Waals surface area contributed by atoms with E-state index in [0.29, 0.717) is 23.7 Å². The second kappa shape index (κ2) is 6.06. The molecule has 0 saturated carbocycles. The van der Waals surface area contributed by atoms with E-state index in [4.69, 9.17) is 0 Å². The molecular formula is C30H22. The van der Waals surface area contributed by atoms with Crippen molar-refractivity contribution in [3.63, 3.8) is 0 Å². The summed E-state index contributed by atoms with van der Waals surface area (Å²) < 4.78 is 0. The molecule has 7 rings (SSSR count). The van der Waals surface area contributed by atoms with Crippen molar-refractivity contribution in [1.82, 2.24) is 0 Å². The van der Waals surface area contributed by atoms with Crippen LogP contribution in [-0.4, -0.2) is 0 Å². The highest BCUT2D eigenvalue weighted by molar-refractivity contribution is 5.72. The van der Waals surface area contributed by atoms with E-state index in [1.165, 1.54) is 11.1 Å². The molecule has 30 heavy (non-hydrogen) atoms. The highest BCUT2D eigenvalue weighted by Crippen LogP contribution is 2.68. The Hall–Kier alpha value is -3.38. The summed E-state index contributed by atoms with van der Waals surface area (Å²) in [5, 5.41) is 0. The maximum Gasteiger partial charge on any atom is 0.0142 e. The van der Waals surface area contributed by atoms with Gasteiger partial charge in [-0.25, -0.2) is 0 Å². The summed E-state index contributed by atoms with van der Waals surface area (Å²) in [4.78, 5) is 0. The van der Waals surface area contributed by atoms with Gasteiger partial charge in [0.2, 0.25) is 0 Å². The van der Waals surface area contributed by atoms with Gasteiger partial charge >= 0.3 is 0 Å². The summed E-state index contributed by atoms with van der Waals surface area (Å²) in [5.41, 5.74) is 11.9. The Morgan fingerprint density at radius 1 is 0.400 bits per heavy atom. The van der Waals surface area contributed by atoms with Crippen molar-refractivity contribution in [2.45, 2.75) is 17.8 Å². The average Bonchev–Trinajstić information content (AvgIpc) is 3.42. The lowest BCUT2D eigenvalue weighted by atomic mass is 9.86. The average molecular weight is 383 g/mol. The Bertz CT molecular complexity index is 1300. The molecule has 0 amide bonds. The first kappa shape index (κ1) is 16.4. The lowest BCUT2D eigenvalue weighted by Gasteiger charge is -2.16. The van der Waals surface area contributed by atoms with Crippen molar-refractivity contribution in [2.24, 2.45) is 5.92 Å². The van der Waals surface area contributed by atoms with Gasteiger partial charge in [-0.15, -0.1) is 0 Å². The van der Waals surface area contributed by atoms with Gasteiger partial charge in [0.15, 0.2) is 0 Å². The fourth-order valence-electron chi connectivity index (χ4n) is 6.48. The molecule has 0 aromatic heterocycles. The molecule has 0 saturated heterocycles. The summed E-state index contributed by atoms with van der Waals surface area (Å²) in [5.74, 6) is 2.24. The monoisotopic (exact) mass is 382 g/mol. The Morgan fingerprint density at radius 3 is 1.47 bits per heavy atom. The normalized spacial score (nSPS) is 24.5. The standard InChI is InChI=1S/C30H22/c1-2-8-19(9-3-1)14-15-20-16-17-25-26(18-20)29-24-13-7-6-12-23(24)27-21-10-4-5-11-22(21)28(25)30(27)29/h1-18,27-30H. The minimum absolute atomic E-state index is 0.517. The van der Waals surface area contributed by atoms with Crippen molar-refractivity contribution in [2.75, 3.05) is 0 Å². The number of rotatable bonds is 2. The summed E-state index contributed by atoms with van der Waals surface area (Å²) in [6, 6.07) is 36.1. The summed E-state index contributed by atoms with van der Waals surface area (Å²) in [7, 11) is 0. The van der Waals surface area contributed by atoms with E-state index >= 15 is 0 Å². The number of hydrogen-bond acceptors (Lipinski definition) is 0. The minimum Gasteiger partial charge on any atom is -0.0622 e. The summed E-state index contributed by atoms with van der Waals surface area (Å²) in [6.07, 6.45) is 4.48. The van der Waals surface area contributed by atoms with Crippen molar-refractivity contribution >= 4 is 12.2 Å². The molecule has 0 bridgehead atoms. The Kier molecular flexibility index (Phi) is 3.32. The van der Waals surface area contributed by atoms with E-state index in [-0.39, 0.29) is 0 Å². The molecule has 4 aromatic carbocycles. The molecule has 0 heterocycles. The van der Waals surface area contributed by atoms with Gasteiger partial charge in [0.1, 0.15) is 0 Å². The third-order valence-electron chi connectivity index (χ3n) is 7.54. The third kappa shape index (κ3) is 2.11. The van der Waals surface area contributed by atoms with Gasteiger partial charge in [0.25, 0.3) is 0 Å². The van der Waals surface area contributed by atoms with Gasteiger partial charge in [-0.2, -0.15) is 0 Å². The first-order valence-corrected chi connectivity index (χ1v) is 10.9. The van der Waals surface area contributed by atoms with Crippen LogP contribution in [0.3, 0.4) is 0 Å². The SMILES string of the molecule is C(=Cc1ccc2c(c1)C1c3ccccc3C3c4ccccc4C2C31)c1ccccc1. The van der Waals surface area contributed by atoms with E-state index in [9.17, 15) is 0 Å². The fourth-order valence-corrected chi connectivity index (χ4v) is 6.48. The third-order valence-corrected chi connectivity index (χ3v) is 7.54. The van der Waals surface area contributed by atoms with Crippen LogP contribution in [0, 0.1) is 5.92 Å². The largest absolute Gasteiger partial charge is 0.0622 e. The molecule has 4 aromatic rings. The summed E-state index contributed by atoms with van der Waals surface area (Å²) >= 11 is 0. The quantitative estimate of drug-likeness (QED) is 0.321. The first-order valence-electron chi connectivity index (χ1n) is 10.9. The van der Waals surface area contributed by atoms with Crippen molar-refractivity contribution < 1.29 is 0 Å². The Morgan fingerprint density at radius 2 is 0.867 bits per heavy atom. The molecule has 0 heteroatoms. The van der Waals surface area contributed by atoms with E-state index in [2.05, 4.69) is 109 Å². The number of benzene rings is 4. The predicted molar refractivity (Wildman–Crippen MR) is 124 cm³/mol. The molecule has 0 N–H and O–H groups in total. The van der Waals surface area contributed by atoms with Gasteiger partial charge in [-0.1, -0.05) is 109 Å². The molecule has 0 radical (unpaired) electrons. The van der Waals surface area contributed by atoms with Crippen LogP contribution in [0.2, 0.25) is 0 Å². The van der Waals surface area contributed by atoms with Crippen LogP contribution in [0.1, 0.15) is 62.3 Å². The van der Waals surface area contributed by atoms with E-state index in [1.54, 1.807) is 33.4 Å². The lowest BCUT2D eigenvalue weighted by Crippen LogP contribution is -2.07. The second-order valence-electron chi connectivity index (χ2n) is 8.90. The minimum atomic E-state index is 0.517. The lowest BCUT2D eigenvalue weighted by molar-refractivity contribution is 0.486. The molecule has 0 nitrogen and oxygen atoms in total.